The summed E-state index contributed by atoms with van der Waals surface area (Å²) >= 11 is 0. The van der Waals surface area contributed by atoms with E-state index in [2.05, 4.69) is 24.0 Å². The predicted molar refractivity (Wildman–Crippen MR) is 179 cm³/mol. The number of carbonyl (C=O) groups excluding carboxylic acids is 5. The van der Waals surface area contributed by atoms with E-state index in [-0.39, 0.29) is 66.0 Å². The highest BCUT2D eigenvalue weighted by atomic mass is 16.9. The van der Waals surface area contributed by atoms with Gasteiger partial charge in [0.15, 0.2) is 18.2 Å². The Morgan fingerprint density at radius 2 is 1.76 bits per heavy atom. The molecule has 278 valence electrons. The summed E-state index contributed by atoms with van der Waals surface area (Å²) in [6.07, 6.45) is 5.94. The molecule has 0 aromatic heterocycles. The van der Waals surface area contributed by atoms with Gasteiger partial charge >= 0.3 is 12.1 Å². The molecule has 1 aromatic rings. The fourth-order valence-corrected chi connectivity index (χ4v) is 9.56. The minimum atomic E-state index is -1.03. The molecule has 4 aliphatic rings. The summed E-state index contributed by atoms with van der Waals surface area (Å²) in [5.74, 6) is -0.742. The fourth-order valence-electron chi connectivity index (χ4n) is 9.56. The van der Waals surface area contributed by atoms with Crippen molar-refractivity contribution in [3.63, 3.8) is 0 Å². The van der Waals surface area contributed by atoms with E-state index in [1.54, 1.807) is 12.1 Å². The van der Waals surface area contributed by atoms with Crippen molar-refractivity contribution < 1.29 is 53.2 Å². The van der Waals surface area contributed by atoms with Crippen LogP contribution in [0, 0.1) is 44.6 Å². The van der Waals surface area contributed by atoms with Crippen LogP contribution in [0.15, 0.2) is 35.9 Å². The molecule has 3 saturated carbocycles. The number of ether oxygens (including phenoxy) is 3. The quantitative estimate of drug-likeness (QED) is 0.0904. The summed E-state index contributed by atoms with van der Waals surface area (Å²) in [6, 6.07) is 5.24. The third kappa shape index (κ3) is 8.59. The van der Waals surface area contributed by atoms with Gasteiger partial charge in [0.1, 0.15) is 11.8 Å². The van der Waals surface area contributed by atoms with Crippen molar-refractivity contribution in [2.24, 2.45) is 34.5 Å². The molecule has 3 fully saturated rings. The van der Waals surface area contributed by atoms with Crippen molar-refractivity contribution in [2.45, 2.75) is 97.1 Å². The lowest BCUT2D eigenvalue weighted by Gasteiger charge is -2.59. The van der Waals surface area contributed by atoms with Gasteiger partial charge in [0.05, 0.1) is 19.3 Å². The average molecular weight is 713 g/mol. The minimum Gasteiger partial charge on any atom is -0.464 e. The molecule has 8 unspecified atom stereocenters. The second-order valence-corrected chi connectivity index (χ2v) is 14.9. The molecule has 0 bridgehead atoms. The van der Waals surface area contributed by atoms with E-state index in [0.717, 1.165) is 31.3 Å². The largest absolute Gasteiger partial charge is 0.514 e. The molecule has 0 saturated heterocycles. The second-order valence-electron chi connectivity index (χ2n) is 14.9. The second kappa shape index (κ2) is 15.9. The molecule has 14 heteroatoms. The number of rotatable bonds is 14. The van der Waals surface area contributed by atoms with Crippen LogP contribution in [0.5, 0.6) is 5.75 Å². The van der Waals surface area contributed by atoms with Crippen molar-refractivity contribution in [3.05, 3.63) is 51.6 Å². The molecule has 4 aliphatic carbocycles. The van der Waals surface area contributed by atoms with Crippen LogP contribution in [0.25, 0.3) is 0 Å². The van der Waals surface area contributed by atoms with Gasteiger partial charge in [-0.25, -0.2) is 9.59 Å². The van der Waals surface area contributed by atoms with Gasteiger partial charge in [-0.1, -0.05) is 31.6 Å². The number of aliphatic hydroxyl groups excluding tert-OH is 1. The van der Waals surface area contributed by atoms with Crippen LogP contribution >= 0.6 is 0 Å². The number of hydrogen-bond donors (Lipinski definition) is 2. The number of fused-ring (bicyclic) bond motifs is 5. The zero-order chi connectivity index (χ0) is 36.9. The average Bonchev–Trinajstić information content (AvgIpc) is 3.42. The van der Waals surface area contributed by atoms with E-state index >= 15 is 0 Å². The van der Waals surface area contributed by atoms with Gasteiger partial charge in [-0.3, -0.25) is 14.4 Å². The Bertz CT molecular complexity index is 1540. The zero-order valence-electron chi connectivity index (χ0n) is 29.4. The lowest BCUT2D eigenvalue weighted by Crippen LogP contribution is -2.57. The number of esters is 1. The molecule has 5 rings (SSSR count). The number of Topliss-reactive ketones (excluding diaryl/α,β-unsaturated/α-hetero) is 1. The van der Waals surface area contributed by atoms with E-state index in [9.17, 15) is 39.2 Å². The molecule has 1 amide bonds. The molecule has 51 heavy (non-hydrogen) atoms. The van der Waals surface area contributed by atoms with Crippen LogP contribution in [0.3, 0.4) is 0 Å². The van der Waals surface area contributed by atoms with Gasteiger partial charge in [0.2, 0.25) is 5.91 Å². The van der Waals surface area contributed by atoms with E-state index in [1.807, 2.05) is 6.08 Å². The Morgan fingerprint density at radius 3 is 2.47 bits per heavy atom. The van der Waals surface area contributed by atoms with E-state index in [0.29, 0.717) is 37.7 Å². The molecule has 0 radical (unpaired) electrons. The maximum atomic E-state index is 13.5. The van der Waals surface area contributed by atoms with Crippen molar-refractivity contribution in [3.8, 4) is 5.75 Å². The van der Waals surface area contributed by atoms with Gasteiger partial charge in [0, 0.05) is 25.7 Å². The van der Waals surface area contributed by atoms with E-state index in [4.69, 9.17) is 14.2 Å². The van der Waals surface area contributed by atoms with E-state index in [1.165, 1.54) is 19.1 Å². The molecule has 14 nitrogen and oxygen atoms in total. The number of nitrogens with zero attached hydrogens (tertiary/aromatic N) is 1. The Morgan fingerprint density at radius 1 is 1.04 bits per heavy atom. The summed E-state index contributed by atoms with van der Waals surface area (Å²) in [4.78, 5) is 77.0. The first kappa shape index (κ1) is 37.9. The van der Waals surface area contributed by atoms with Gasteiger partial charge in [-0.2, -0.15) is 0 Å². The zero-order valence-corrected chi connectivity index (χ0v) is 29.4. The predicted octanol–water partition coefficient (Wildman–Crippen LogP) is 4.47. The lowest BCUT2D eigenvalue weighted by atomic mass is 9.46. The van der Waals surface area contributed by atoms with E-state index < -0.39 is 47.3 Å². The Hall–Kier alpha value is -4.33. The Labute approximate surface area is 296 Å². The number of aliphatic hydroxyl groups is 1. The molecule has 0 spiro atoms. The number of hydrogen-bond acceptors (Lipinski definition) is 12. The standard InChI is InChI=1S/C37H48N2O12/c1-22(40)38-30(34(44)48-16-4-5-17-50-39(46)47)18-23-6-9-26(10-7-23)51-35(45)49-21-32(43)29-13-12-28-27-11-8-24-19-25(41)14-15-36(24,2)33(27)31(42)20-37(28,29)3/h6-7,9-10,19,27-31,33,42H,4-5,8,11-18,20-21H2,1-3H3,(H,38,40). The third-order valence-corrected chi connectivity index (χ3v) is 11.8. The summed E-state index contributed by atoms with van der Waals surface area (Å²) in [7, 11) is 0. The lowest BCUT2D eigenvalue weighted by molar-refractivity contribution is -0.757. The first-order valence-corrected chi connectivity index (χ1v) is 17.8. The molecular weight excluding hydrogens is 664 g/mol. The van der Waals surface area contributed by atoms with Crippen LogP contribution in [0.1, 0.15) is 84.1 Å². The summed E-state index contributed by atoms with van der Waals surface area (Å²) in [5.41, 5.74) is 1.18. The number of nitrogens with one attached hydrogen (secondary N) is 1. The molecule has 2 N–H and O–H groups in total. The van der Waals surface area contributed by atoms with Crippen LogP contribution in [0.4, 0.5) is 4.79 Å². The minimum absolute atomic E-state index is 0.000980. The van der Waals surface area contributed by atoms with Gasteiger partial charge in [0.25, 0.3) is 5.09 Å². The van der Waals surface area contributed by atoms with Crippen LogP contribution in [-0.2, 0) is 39.9 Å². The molecule has 0 aliphatic heterocycles. The Kier molecular flexibility index (Phi) is 11.8. The maximum absolute atomic E-state index is 13.5. The van der Waals surface area contributed by atoms with Crippen molar-refractivity contribution in [1.29, 1.82) is 0 Å². The van der Waals surface area contributed by atoms with Gasteiger partial charge < -0.3 is 29.5 Å². The number of unbranched alkanes of at least 4 members (excludes halogenated alkanes) is 1. The molecule has 1 aromatic carbocycles. The first-order chi connectivity index (χ1) is 24.2. The number of carbonyl (C=O) groups is 5. The highest BCUT2D eigenvalue weighted by molar-refractivity contribution is 5.91. The highest BCUT2D eigenvalue weighted by Crippen LogP contribution is 2.66. The molecule has 0 heterocycles. The first-order valence-electron chi connectivity index (χ1n) is 17.8. The van der Waals surface area contributed by atoms with Crippen LogP contribution < -0.4 is 10.1 Å². The topological polar surface area (TPSA) is 198 Å². The fraction of sp³-hybridized carbons (Fsp3) is 0.649. The Balaban J connectivity index is 1.10. The van der Waals surface area contributed by atoms with Gasteiger partial charge in [-0.05, 0) is 104 Å². The number of allylic oxidation sites excluding steroid dienone is 1. The number of benzene rings is 1. The molecule has 8 atom stereocenters. The van der Waals surface area contributed by atoms with Crippen molar-refractivity contribution >= 4 is 29.6 Å². The van der Waals surface area contributed by atoms with Gasteiger partial charge in [-0.15, -0.1) is 10.1 Å². The van der Waals surface area contributed by atoms with Crippen molar-refractivity contribution in [2.75, 3.05) is 19.8 Å². The SMILES string of the molecule is CC(=O)NC(Cc1ccc(OC(=O)OCC(=O)C2CCC3C4CCC5=CC(=O)CCC5(C)C4C(O)CC23C)cc1)C(=O)OCCCCO[N+](=O)[O-]. The van der Waals surface area contributed by atoms with Crippen LogP contribution in [0.2, 0.25) is 0 Å². The maximum Gasteiger partial charge on any atom is 0.514 e. The summed E-state index contributed by atoms with van der Waals surface area (Å²) in [6.45, 7) is 5.01. The monoisotopic (exact) mass is 712 g/mol. The summed E-state index contributed by atoms with van der Waals surface area (Å²) in [5, 5.41) is 23.5. The third-order valence-electron chi connectivity index (χ3n) is 11.8. The smallest absolute Gasteiger partial charge is 0.464 e. The number of amides is 1. The highest BCUT2D eigenvalue weighted by Gasteiger charge is 2.63. The normalized spacial score (nSPS) is 30.0. The number of ketones is 2. The van der Waals surface area contributed by atoms with Crippen molar-refractivity contribution in [1.82, 2.24) is 5.32 Å². The molecular formula is C37H48N2O12. The summed E-state index contributed by atoms with van der Waals surface area (Å²) < 4.78 is 15.8. The van der Waals surface area contributed by atoms with Crippen LogP contribution in [-0.4, -0.2) is 71.8 Å².